The van der Waals surface area contributed by atoms with Gasteiger partial charge in [-0.2, -0.15) is 0 Å². The summed E-state index contributed by atoms with van der Waals surface area (Å²) in [6.45, 7) is 0. The number of hydrogen-bond acceptors (Lipinski definition) is 3. The van der Waals surface area contributed by atoms with E-state index in [9.17, 15) is 0 Å². The van der Waals surface area contributed by atoms with Crippen LogP contribution < -0.4 is 0 Å². The van der Waals surface area contributed by atoms with Crippen molar-refractivity contribution in [2.45, 2.75) is 29.4 Å². The van der Waals surface area contributed by atoms with Crippen molar-refractivity contribution in [2.75, 3.05) is 0 Å². The lowest BCUT2D eigenvalue weighted by Gasteiger charge is -2.22. The number of rotatable bonds is 2. The van der Waals surface area contributed by atoms with Gasteiger partial charge >= 0.3 is 0 Å². The number of benzene rings is 1. The number of hydrogen-bond donors (Lipinski definition) is 1. The molecule has 2 bridgehead atoms. The Labute approximate surface area is 110 Å². The van der Waals surface area contributed by atoms with Crippen LogP contribution in [-0.2, 0) is 0 Å². The van der Waals surface area contributed by atoms with Crippen molar-refractivity contribution in [3.63, 3.8) is 0 Å². The lowest BCUT2D eigenvalue weighted by Crippen LogP contribution is -2.24. The van der Waals surface area contributed by atoms with Crippen LogP contribution in [0, 0.1) is 11.8 Å². The highest BCUT2D eigenvalue weighted by Crippen LogP contribution is 2.49. The minimum absolute atomic E-state index is 0.361. The van der Waals surface area contributed by atoms with E-state index in [-0.39, 0.29) is 0 Å². The van der Waals surface area contributed by atoms with Crippen LogP contribution in [0.15, 0.2) is 34.3 Å². The van der Waals surface area contributed by atoms with E-state index in [2.05, 4.69) is 5.16 Å². The van der Waals surface area contributed by atoms with Crippen LogP contribution in [0.3, 0.4) is 0 Å². The van der Waals surface area contributed by atoms with Crippen molar-refractivity contribution < 1.29 is 5.21 Å². The smallest absolute Gasteiger partial charge is 0.0737 e. The third kappa shape index (κ3) is 2.06. The topological polar surface area (TPSA) is 32.6 Å². The molecule has 17 heavy (non-hydrogen) atoms. The molecule has 1 aromatic rings. The highest BCUT2D eigenvalue weighted by molar-refractivity contribution is 8.00. The Morgan fingerprint density at radius 1 is 1.24 bits per heavy atom. The van der Waals surface area contributed by atoms with Crippen LogP contribution in [0.2, 0.25) is 5.02 Å². The van der Waals surface area contributed by atoms with Crippen LogP contribution in [0.1, 0.15) is 19.3 Å². The molecule has 1 aromatic carbocycles. The molecule has 0 saturated heterocycles. The van der Waals surface area contributed by atoms with Crippen molar-refractivity contribution in [1.29, 1.82) is 0 Å². The van der Waals surface area contributed by atoms with Crippen molar-refractivity contribution >= 4 is 29.1 Å². The van der Waals surface area contributed by atoms with E-state index in [1.807, 2.05) is 24.3 Å². The zero-order valence-electron chi connectivity index (χ0n) is 9.34. The zero-order chi connectivity index (χ0) is 11.8. The fourth-order valence-electron chi connectivity index (χ4n) is 2.99. The average Bonchev–Trinajstić information content (AvgIpc) is 2.92. The van der Waals surface area contributed by atoms with Crippen LogP contribution >= 0.6 is 23.4 Å². The van der Waals surface area contributed by atoms with E-state index in [0.29, 0.717) is 17.1 Å². The quantitative estimate of drug-likeness (QED) is 0.647. The molecule has 3 rings (SSSR count). The number of nitrogens with zero attached hydrogens (tertiary/aromatic N) is 1. The van der Waals surface area contributed by atoms with Crippen molar-refractivity contribution in [3.8, 4) is 0 Å². The first-order valence-corrected chi connectivity index (χ1v) is 7.18. The van der Waals surface area contributed by atoms with Gasteiger partial charge in [0.2, 0.25) is 0 Å². The zero-order valence-corrected chi connectivity index (χ0v) is 10.9. The first-order chi connectivity index (χ1) is 8.28. The SMILES string of the molecule is O/N=C1\[C@H]2CC[C@H](C2)[C@@H]1Sc1ccc(Cl)cc1. The maximum atomic E-state index is 9.13. The second kappa shape index (κ2) is 4.54. The molecule has 0 aromatic heterocycles. The van der Waals surface area contributed by atoms with Crippen LogP contribution in [0.5, 0.6) is 0 Å². The summed E-state index contributed by atoms with van der Waals surface area (Å²) >= 11 is 7.68. The molecule has 2 nitrogen and oxygen atoms in total. The summed E-state index contributed by atoms with van der Waals surface area (Å²) in [5, 5.41) is 13.8. The molecule has 0 unspecified atom stereocenters. The molecule has 0 aliphatic heterocycles. The molecule has 2 saturated carbocycles. The standard InChI is InChI=1S/C13H14ClNOS/c14-10-3-5-11(6-4-10)17-13-9-2-1-8(7-9)12(13)15-16/h3-6,8-9,13,16H,1-2,7H2/b15-12+/t8-,9+,13-/m0/s1. The van der Waals surface area contributed by atoms with Gasteiger partial charge in [-0.1, -0.05) is 16.8 Å². The van der Waals surface area contributed by atoms with E-state index in [1.54, 1.807) is 11.8 Å². The van der Waals surface area contributed by atoms with Crippen molar-refractivity contribution in [2.24, 2.45) is 17.0 Å². The first-order valence-electron chi connectivity index (χ1n) is 5.92. The summed E-state index contributed by atoms with van der Waals surface area (Å²) in [6, 6.07) is 7.89. The molecule has 0 amide bonds. The van der Waals surface area contributed by atoms with Gasteiger partial charge in [0.25, 0.3) is 0 Å². The number of thioether (sulfide) groups is 1. The predicted octanol–water partition coefficient (Wildman–Crippen LogP) is 4.06. The molecule has 90 valence electrons. The average molecular weight is 268 g/mol. The van der Waals surface area contributed by atoms with E-state index in [0.717, 1.165) is 10.7 Å². The fraction of sp³-hybridized carbons (Fsp3) is 0.462. The van der Waals surface area contributed by atoms with Gasteiger partial charge in [0.05, 0.1) is 11.0 Å². The van der Waals surface area contributed by atoms with Crippen molar-refractivity contribution in [1.82, 2.24) is 0 Å². The summed E-state index contributed by atoms with van der Waals surface area (Å²) in [6.07, 6.45) is 3.67. The van der Waals surface area contributed by atoms with Gasteiger partial charge in [-0.05, 0) is 49.4 Å². The molecule has 2 aliphatic rings. The maximum Gasteiger partial charge on any atom is 0.0737 e. The minimum atomic E-state index is 0.361. The van der Waals surface area contributed by atoms with Crippen LogP contribution in [0.4, 0.5) is 0 Å². The monoisotopic (exact) mass is 267 g/mol. The molecule has 1 N–H and O–H groups in total. The highest BCUT2D eigenvalue weighted by atomic mass is 35.5. The Hall–Kier alpha value is -0.670. The Balaban J connectivity index is 1.79. The van der Waals surface area contributed by atoms with Gasteiger partial charge in [0.15, 0.2) is 0 Å². The molecule has 3 atom stereocenters. The summed E-state index contributed by atoms with van der Waals surface area (Å²) < 4.78 is 0. The summed E-state index contributed by atoms with van der Waals surface area (Å²) in [4.78, 5) is 1.20. The predicted molar refractivity (Wildman–Crippen MR) is 71.1 cm³/mol. The Bertz CT molecular complexity index is 445. The van der Waals surface area contributed by atoms with E-state index in [1.165, 1.54) is 24.2 Å². The van der Waals surface area contributed by atoms with E-state index >= 15 is 0 Å². The number of oxime groups is 1. The largest absolute Gasteiger partial charge is 0.411 e. The summed E-state index contributed by atoms with van der Waals surface area (Å²) in [5.74, 6) is 1.21. The van der Waals surface area contributed by atoms with Crippen LogP contribution in [0.25, 0.3) is 0 Å². The first kappa shape index (κ1) is 11.4. The van der Waals surface area contributed by atoms with Gasteiger partial charge in [-0.25, -0.2) is 0 Å². The molecule has 0 spiro atoms. The van der Waals surface area contributed by atoms with Crippen molar-refractivity contribution in [3.05, 3.63) is 29.3 Å². The van der Waals surface area contributed by atoms with E-state index in [4.69, 9.17) is 16.8 Å². The Kier molecular flexibility index (Phi) is 3.05. The van der Waals surface area contributed by atoms with Gasteiger partial charge in [-0.15, -0.1) is 11.8 Å². The number of halogens is 1. The van der Waals surface area contributed by atoms with Crippen LogP contribution in [-0.4, -0.2) is 16.2 Å². The third-order valence-corrected chi connectivity index (χ3v) is 5.48. The van der Waals surface area contributed by atoms with Gasteiger partial charge < -0.3 is 5.21 Å². The normalized spacial score (nSPS) is 33.5. The summed E-state index contributed by atoms with van der Waals surface area (Å²) in [7, 11) is 0. The lowest BCUT2D eigenvalue weighted by molar-refractivity contribution is 0.314. The molecule has 4 heteroatoms. The van der Waals surface area contributed by atoms with Gasteiger partial charge in [-0.3, -0.25) is 0 Å². The molecular weight excluding hydrogens is 254 g/mol. The lowest BCUT2D eigenvalue weighted by atomic mass is 9.98. The Morgan fingerprint density at radius 3 is 2.71 bits per heavy atom. The molecule has 2 aliphatic carbocycles. The Morgan fingerprint density at radius 2 is 2.00 bits per heavy atom. The minimum Gasteiger partial charge on any atom is -0.411 e. The second-order valence-electron chi connectivity index (χ2n) is 4.79. The number of fused-ring (bicyclic) bond motifs is 2. The highest BCUT2D eigenvalue weighted by Gasteiger charge is 2.45. The third-order valence-electron chi connectivity index (χ3n) is 3.80. The molecule has 0 radical (unpaired) electrons. The van der Waals surface area contributed by atoms with E-state index < -0.39 is 0 Å². The van der Waals surface area contributed by atoms with Gasteiger partial charge in [0, 0.05) is 15.8 Å². The maximum absolute atomic E-state index is 9.13. The second-order valence-corrected chi connectivity index (χ2v) is 6.44. The molecule has 2 fully saturated rings. The molecule has 0 heterocycles. The summed E-state index contributed by atoms with van der Waals surface area (Å²) in [5.41, 5.74) is 1.00. The molecular formula is C13H14ClNOS. The van der Waals surface area contributed by atoms with Gasteiger partial charge in [0.1, 0.15) is 0 Å². The fourth-order valence-corrected chi connectivity index (χ4v) is 4.50.